The van der Waals surface area contributed by atoms with Crippen LogP contribution in [0.5, 0.6) is 0 Å². The van der Waals surface area contributed by atoms with Crippen molar-refractivity contribution in [3.05, 3.63) is 29.8 Å². The lowest BCUT2D eigenvalue weighted by Gasteiger charge is -2.21. The molecule has 0 aromatic heterocycles. The van der Waals surface area contributed by atoms with Gasteiger partial charge in [-0.2, -0.15) is 0 Å². The van der Waals surface area contributed by atoms with Gasteiger partial charge in [-0.25, -0.2) is 0 Å². The monoisotopic (exact) mass is 235 g/mol. The van der Waals surface area contributed by atoms with Crippen molar-refractivity contribution in [2.45, 2.75) is 20.8 Å². The van der Waals surface area contributed by atoms with E-state index in [1.54, 1.807) is 26.0 Å². The Balaban J connectivity index is 2.82. The highest BCUT2D eigenvalue weighted by atomic mass is 16.4. The lowest BCUT2D eigenvalue weighted by atomic mass is 9.91. The maximum Gasteiger partial charge on any atom is 0.237 e. The summed E-state index contributed by atoms with van der Waals surface area (Å²) in [7, 11) is 0. The lowest BCUT2D eigenvalue weighted by molar-refractivity contribution is -0.121. The van der Waals surface area contributed by atoms with Crippen molar-refractivity contribution in [1.82, 2.24) is 0 Å². The predicted octanol–water partition coefficient (Wildman–Crippen LogP) is 1.71. The van der Waals surface area contributed by atoms with E-state index in [2.05, 4.69) is 10.5 Å². The second-order valence-corrected chi connectivity index (χ2v) is 4.43. The van der Waals surface area contributed by atoms with Crippen LogP contribution in [0, 0.1) is 12.3 Å². The quantitative estimate of drug-likeness (QED) is 0.322. The molecule has 4 N–H and O–H groups in total. The maximum atomic E-state index is 11.9. The van der Waals surface area contributed by atoms with E-state index in [-0.39, 0.29) is 11.7 Å². The number of carbonyl (C=O) groups excluding carboxylic acids is 1. The molecule has 0 saturated carbocycles. The van der Waals surface area contributed by atoms with Crippen molar-refractivity contribution in [2.75, 3.05) is 5.32 Å². The van der Waals surface area contributed by atoms with Gasteiger partial charge < -0.3 is 16.3 Å². The zero-order chi connectivity index (χ0) is 13.1. The van der Waals surface area contributed by atoms with Gasteiger partial charge in [0.1, 0.15) is 5.41 Å². The second kappa shape index (κ2) is 4.86. The first kappa shape index (κ1) is 13.0. The molecule has 0 unspecified atom stereocenters. The van der Waals surface area contributed by atoms with Crippen LogP contribution in [0.3, 0.4) is 0 Å². The first-order valence-corrected chi connectivity index (χ1v) is 5.24. The van der Waals surface area contributed by atoms with E-state index in [1.165, 1.54) is 0 Å². The van der Waals surface area contributed by atoms with Crippen LogP contribution in [0.25, 0.3) is 0 Å². The molecule has 0 aliphatic carbocycles. The zero-order valence-corrected chi connectivity index (χ0v) is 10.2. The molecule has 5 nitrogen and oxygen atoms in total. The van der Waals surface area contributed by atoms with E-state index >= 15 is 0 Å². The normalized spacial score (nSPS) is 12.3. The van der Waals surface area contributed by atoms with Crippen LogP contribution in [0.2, 0.25) is 0 Å². The first-order chi connectivity index (χ1) is 7.87. The Labute approximate surface area is 100 Å². The van der Waals surface area contributed by atoms with Crippen molar-refractivity contribution in [3.8, 4) is 0 Å². The third-order valence-electron chi connectivity index (χ3n) is 2.63. The summed E-state index contributed by atoms with van der Waals surface area (Å²) in [4.78, 5) is 11.9. The van der Waals surface area contributed by atoms with E-state index in [0.717, 1.165) is 5.56 Å². The summed E-state index contributed by atoms with van der Waals surface area (Å²) < 4.78 is 0. The number of amidine groups is 1. The van der Waals surface area contributed by atoms with E-state index in [4.69, 9.17) is 10.9 Å². The first-order valence-electron chi connectivity index (χ1n) is 5.24. The minimum absolute atomic E-state index is 0.123. The van der Waals surface area contributed by atoms with E-state index in [9.17, 15) is 4.79 Å². The molecule has 1 aromatic carbocycles. The van der Waals surface area contributed by atoms with Crippen LogP contribution in [0.15, 0.2) is 29.4 Å². The fraction of sp³-hybridized carbons (Fsp3) is 0.333. The summed E-state index contributed by atoms with van der Waals surface area (Å²) in [5.41, 5.74) is 6.20. The van der Waals surface area contributed by atoms with E-state index < -0.39 is 5.41 Å². The highest BCUT2D eigenvalue weighted by Crippen LogP contribution is 2.19. The minimum atomic E-state index is -1.06. The van der Waals surface area contributed by atoms with Gasteiger partial charge in [0.15, 0.2) is 5.84 Å². The number of aryl methyl sites for hydroxylation is 1. The minimum Gasteiger partial charge on any atom is -0.409 e. The zero-order valence-electron chi connectivity index (χ0n) is 10.2. The van der Waals surface area contributed by atoms with Crippen LogP contribution in [0.4, 0.5) is 5.69 Å². The Hall–Kier alpha value is -2.04. The fourth-order valence-electron chi connectivity index (χ4n) is 1.17. The largest absolute Gasteiger partial charge is 0.409 e. The summed E-state index contributed by atoms with van der Waals surface area (Å²) in [6, 6.07) is 7.39. The van der Waals surface area contributed by atoms with Gasteiger partial charge in [-0.1, -0.05) is 22.9 Å². The Kier molecular flexibility index (Phi) is 3.73. The number of nitrogens with two attached hydrogens (primary N) is 1. The molecule has 0 fully saturated rings. The van der Waals surface area contributed by atoms with E-state index in [0.29, 0.717) is 5.69 Å². The molecule has 0 spiro atoms. The smallest absolute Gasteiger partial charge is 0.237 e. The summed E-state index contributed by atoms with van der Waals surface area (Å²) in [5.74, 6) is -0.446. The number of nitrogens with zero attached hydrogens (tertiary/aromatic N) is 1. The molecule has 0 radical (unpaired) electrons. The van der Waals surface area contributed by atoms with Crippen LogP contribution < -0.4 is 11.1 Å². The van der Waals surface area contributed by atoms with E-state index in [1.807, 2.05) is 19.1 Å². The molecule has 92 valence electrons. The Bertz CT molecular complexity index is 436. The molecular weight excluding hydrogens is 218 g/mol. The van der Waals surface area contributed by atoms with Crippen LogP contribution in [-0.2, 0) is 4.79 Å². The molecule has 1 amide bonds. The molecule has 1 rings (SSSR count). The molecule has 1 aromatic rings. The fourth-order valence-corrected chi connectivity index (χ4v) is 1.17. The van der Waals surface area contributed by atoms with Gasteiger partial charge in [0.05, 0.1) is 0 Å². The lowest BCUT2D eigenvalue weighted by Crippen LogP contribution is -2.42. The highest BCUT2D eigenvalue weighted by Gasteiger charge is 2.32. The number of amides is 1. The van der Waals surface area contributed by atoms with Gasteiger partial charge in [-0.3, -0.25) is 4.79 Å². The van der Waals surface area contributed by atoms with Gasteiger partial charge in [0.25, 0.3) is 0 Å². The number of benzene rings is 1. The summed E-state index contributed by atoms with van der Waals surface area (Å²) in [6.07, 6.45) is 0. The average molecular weight is 235 g/mol. The molecule has 17 heavy (non-hydrogen) atoms. The Morgan fingerprint density at radius 3 is 2.35 bits per heavy atom. The standard InChI is InChI=1S/C12H17N3O2/c1-8-4-6-9(7-5-8)14-11(16)12(2,3)10(13)15-17/h4-7,17H,1-3H3,(H2,13,15)(H,14,16). The van der Waals surface area contributed by atoms with Crippen molar-refractivity contribution in [3.63, 3.8) is 0 Å². The molecule has 0 aliphatic heterocycles. The molecule has 5 heteroatoms. The Morgan fingerprint density at radius 1 is 1.35 bits per heavy atom. The highest BCUT2D eigenvalue weighted by molar-refractivity contribution is 6.11. The molecule has 0 atom stereocenters. The third kappa shape index (κ3) is 2.96. The average Bonchev–Trinajstić information content (AvgIpc) is 2.30. The second-order valence-electron chi connectivity index (χ2n) is 4.43. The van der Waals surface area contributed by atoms with Crippen molar-refractivity contribution in [1.29, 1.82) is 0 Å². The molecule has 0 heterocycles. The predicted molar refractivity (Wildman–Crippen MR) is 67.0 cm³/mol. The number of anilines is 1. The molecule has 0 saturated heterocycles. The van der Waals surface area contributed by atoms with Gasteiger partial charge in [-0.05, 0) is 32.9 Å². The van der Waals surface area contributed by atoms with Gasteiger partial charge in [0.2, 0.25) is 5.91 Å². The number of nitrogens with one attached hydrogen (secondary N) is 1. The summed E-state index contributed by atoms with van der Waals surface area (Å²) >= 11 is 0. The molecule has 0 aliphatic rings. The topological polar surface area (TPSA) is 87.7 Å². The SMILES string of the molecule is Cc1ccc(NC(=O)C(C)(C)C(N)=NO)cc1. The maximum absolute atomic E-state index is 11.9. The Morgan fingerprint density at radius 2 is 1.88 bits per heavy atom. The van der Waals surface area contributed by atoms with Gasteiger partial charge in [-0.15, -0.1) is 0 Å². The number of hydrogen-bond donors (Lipinski definition) is 3. The van der Waals surface area contributed by atoms with Crippen LogP contribution in [-0.4, -0.2) is 17.0 Å². The summed E-state index contributed by atoms with van der Waals surface area (Å²) in [5, 5.41) is 14.2. The van der Waals surface area contributed by atoms with Gasteiger partial charge >= 0.3 is 0 Å². The number of carbonyl (C=O) groups is 1. The number of hydrogen-bond acceptors (Lipinski definition) is 3. The third-order valence-corrected chi connectivity index (χ3v) is 2.63. The van der Waals surface area contributed by atoms with Crippen molar-refractivity contribution >= 4 is 17.4 Å². The van der Waals surface area contributed by atoms with Crippen molar-refractivity contribution < 1.29 is 10.0 Å². The van der Waals surface area contributed by atoms with Crippen LogP contribution in [0.1, 0.15) is 19.4 Å². The van der Waals surface area contributed by atoms with Crippen LogP contribution >= 0.6 is 0 Å². The van der Waals surface area contributed by atoms with Gasteiger partial charge in [0, 0.05) is 5.69 Å². The number of oxime groups is 1. The number of rotatable bonds is 3. The summed E-state index contributed by atoms with van der Waals surface area (Å²) in [6.45, 7) is 5.14. The molecular formula is C12H17N3O2. The van der Waals surface area contributed by atoms with Crippen molar-refractivity contribution in [2.24, 2.45) is 16.3 Å². The molecule has 0 bridgehead atoms.